The van der Waals surface area contributed by atoms with E-state index in [0.717, 1.165) is 16.9 Å². The maximum Gasteiger partial charge on any atom is 0.167 e. The van der Waals surface area contributed by atoms with Gasteiger partial charge in [0.1, 0.15) is 23.1 Å². The molecule has 0 radical (unpaired) electrons. The molecule has 0 saturated carbocycles. The molecule has 8 nitrogen and oxygen atoms in total. The molecular weight excluding hydrogens is 476 g/mol. The third-order valence-electron chi connectivity index (χ3n) is 6.73. The van der Waals surface area contributed by atoms with E-state index in [0.29, 0.717) is 24.8 Å². The minimum atomic E-state index is -0.720. The van der Waals surface area contributed by atoms with Gasteiger partial charge in [-0.05, 0) is 86.8 Å². The van der Waals surface area contributed by atoms with Gasteiger partial charge in [-0.25, -0.2) is 0 Å². The van der Waals surface area contributed by atoms with Crippen molar-refractivity contribution in [3.63, 3.8) is 0 Å². The van der Waals surface area contributed by atoms with Crippen LogP contribution in [0.1, 0.15) is 62.5 Å². The van der Waals surface area contributed by atoms with Gasteiger partial charge in [0.2, 0.25) is 0 Å². The third-order valence-corrected chi connectivity index (χ3v) is 6.73. The van der Waals surface area contributed by atoms with E-state index in [4.69, 9.17) is 4.74 Å². The number of methoxy groups -OCH3 is 1. The molecule has 208 valence electrons. The Labute approximate surface area is 221 Å². The van der Waals surface area contributed by atoms with Crippen LogP contribution in [0.25, 0.3) is 0 Å². The minimum Gasteiger partial charge on any atom is -0.507 e. The number of benzene rings is 2. The number of ether oxygens (including phenoxy) is 1. The van der Waals surface area contributed by atoms with Crippen LogP contribution in [0.4, 0.5) is 0 Å². The highest BCUT2D eigenvalue weighted by molar-refractivity contribution is 6.01. The molecular formula is C29H44O8. The highest BCUT2D eigenvalue weighted by Crippen LogP contribution is 2.38. The number of ketones is 3. The molecule has 0 amide bonds. The topological polar surface area (TPSA) is 153 Å². The second kappa shape index (κ2) is 15.2. The molecule has 2 aromatic carbocycles. The molecule has 0 aliphatic heterocycles. The van der Waals surface area contributed by atoms with Crippen LogP contribution in [0, 0.1) is 31.6 Å². The summed E-state index contributed by atoms with van der Waals surface area (Å²) in [4.78, 5) is 36.2. The fourth-order valence-electron chi connectivity index (χ4n) is 4.92. The summed E-state index contributed by atoms with van der Waals surface area (Å²) in [5.74, 6) is -0.839. The highest BCUT2D eigenvalue weighted by atomic mass is 16.5. The summed E-state index contributed by atoms with van der Waals surface area (Å²) in [6, 6.07) is 11.3. The lowest BCUT2D eigenvalue weighted by atomic mass is 9.73. The Morgan fingerprint density at radius 3 is 2.38 bits per heavy atom. The predicted molar refractivity (Wildman–Crippen MR) is 145 cm³/mol. The second-order valence-corrected chi connectivity index (χ2v) is 9.62. The molecule has 2 aromatic rings. The molecule has 37 heavy (non-hydrogen) atoms. The lowest BCUT2D eigenvalue weighted by Gasteiger charge is -2.31. The van der Waals surface area contributed by atoms with Gasteiger partial charge in [0.05, 0.1) is 25.7 Å². The van der Waals surface area contributed by atoms with Crippen molar-refractivity contribution < 1.29 is 42.8 Å². The van der Waals surface area contributed by atoms with Crippen LogP contribution < -0.4 is 4.74 Å². The number of aromatic hydroxyl groups is 1. The van der Waals surface area contributed by atoms with E-state index in [1.54, 1.807) is 13.2 Å². The van der Waals surface area contributed by atoms with Crippen LogP contribution in [-0.4, -0.2) is 58.5 Å². The van der Waals surface area contributed by atoms with Gasteiger partial charge in [0, 0.05) is 21.8 Å². The Morgan fingerprint density at radius 1 is 1.14 bits per heavy atom. The minimum absolute atomic E-state index is 0. The average Bonchev–Trinajstić information content (AvgIpc) is 2.82. The van der Waals surface area contributed by atoms with Crippen LogP contribution in [0.5, 0.6) is 11.5 Å². The van der Waals surface area contributed by atoms with Crippen molar-refractivity contribution >= 4 is 17.3 Å². The highest BCUT2D eigenvalue weighted by Gasteiger charge is 2.34. The molecule has 0 heterocycles. The molecule has 0 aromatic heterocycles. The predicted octanol–water partition coefficient (Wildman–Crippen LogP) is 3.66. The van der Waals surface area contributed by atoms with Crippen LogP contribution >= 0.6 is 0 Å². The van der Waals surface area contributed by atoms with Crippen molar-refractivity contribution in [2.75, 3.05) is 20.3 Å². The van der Waals surface area contributed by atoms with E-state index in [1.165, 1.54) is 18.6 Å². The van der Waals surface area contributed by atoms with Gasteiger partial charge in [0.25, 0.3) is 0 Å². The quantitative estimate of drug-likeness (QED) is 0.404. The van der Waals surface area contributed by atoms with Crippen molar-refractivity contribution in [2.24, 2.45) is 17.8 Å². The molecule has 1 aliphatic carbocycles. The number of aryl methyl sites for hydroxylation is 2. The zero-order valence-corrected chi connectivity index (χ0v) is 22.1. The Morgan fingerprint density at radius 2 is 1.84 bits per heavy atom. The van der Waals surface area contributed by atoms with E-state index in [2.05, 4.69) is 0 Å². The van der Waals surface area contributed by atoms with Gasteiger partial charge in [-0.2, -0.15) is 0 Å². The Balaban J connectivity index is 0. The number of Topliss-reactive ketones (excluding diaryl/α,β-unsaturated/α-hetero) is 3. The van der Waals surface area contributed by atoms with Crippen molar-refractivity contribution in [3.05, 3.63) is 58.7 Å². The zero-order valence-electron chi connectivity index (χ0n) is 22.1. The lowest BCUT2D eigenvalue weighted by Crippen LogP contribution is -2.32. The third kappa shape index (κ3) is 9.07. The summed E-state index contributed by atoms with van der Waals surface area (Å²) in [7, 11) is 1.68. The molecule has 3 rings (SSSR count). The molecule has 0 bridgehead atoms. The largest absolute Gasteiger partial charge is 0.507 e. The number of hydrogen-bond donors (Lipinski definition) is 3. The van der Waals surface area contributed by atoms with Crippen molar-refractivity contribution in [2.45, 2.75) is 52.9 Å². The van der Waals surface area contributed by atoms with Gasteiger partial charge in [-0.1, -0.05) is 18.2 Å². The number of aliphatic hydroxyl groups excluding tert-OH is 2. The normalized spacial score (nSPS) is 15.8. The van der Waals surface area contributed by atoms with Crippen molar-refractivity contribution in [3.8, 4) is 11.5 Å². The van der Waals surface area contributed by atoms with E-state index in [1.807, 2.05) is 38.1 Å². The molecule has 0 saturated heterocycles. The fraction of sp³-hybridized carbons (Fsp3) is 0.483. The molecule has 1 aliphatic rings. The summed E-state index contributed by atoms with van der Waals surface area (Å²) in [5, 5.41) is 29.1. The number of carbonyl (C=O) groups is 3. The fourth-order valence-corrected chi connectivity index (χ4v) is 4.92. The first-order valence-corrected chi connectivity index (χ1v) is 12.3. The number of hydrogen-bond acceptors (Lipinski definition) is 7. The van der Waals surface area contributed by atoms with Gasteiger partial charge in [-0.15, -0.1) is 0 Å². The van der Waals surface area contributed by atoms with Crippen molar-refractivity contribution in [1.29, 1.82) is 0 Å². The maximum atomic E-state index is 12.6. The SMILES string of the molecule is CC(=O)CC(=O)C(CO)C(CCO)CC1CC(=O)c2c(O)ccc(C)c2C1.COc1cccc(C)c1.O.[HH].[HH]. The van der Waals surface area contributed by atoms with Gasteiger partial charge >= 0.3 is 0 Å². The van der Waals surface area contributed by atoms with Gasteiger partial charge < -0.3 is 25.5 Å². The van der Waals surface area contributed by atoms with E-state index >= 15 is 0 Å². The van der Waals surface area contributed by atoms with Crippen LogP contribution in [0.3, 0.4) is 0 Å². The number of phenolic OH excluding ortho intramolecular Hbond substituents is 1. The zero-order chi connectivity index (χ0) is 26.8. The number of phenols is 1. The number of aliphatic hydroxyl groups is 2. The van der Waals surface area contributed by atoms with E-state index in [9.17, 15) is 29.7 Å². The summed E-state index contributed by atoms with van der Waals surface area (Å²) >= 11 is 0. The number of rotatable bonds is 10. The molecule has 3 atom stereocenters. The van der Waals surface area contributed by atoms with E-state index < -0.39 is 5.92 Å². The summed E-state index contributed by atoms with van der Waals surface area (Å²) in [5.41, 5.74) is 3.38. The number of carbonyl (C=O) groups excluding carboxylic acids is 3. The molecule has 0 spiro atoms. The van der Waals surface area contributed by atoms with Crippen LogP contribution in [-0.2, 0) is 16.0 Å². The first-order valence-electron chi connectivity index (χ1n) is 12.3. The summed E-state index contributed by atoms with van der Waals surface area (Å²) in [6.45, 7) is 4.76. The Bertz CT molecular complexity index is 1070. The van der Waals surface area contributed by atoms with Crippen LogP contribution in [0.15, 0.2) is 36.4 Å². The van der Waals surface area contributed by atoms with Crippen LogP contribution in [0.2, 0.25) is 0 Å². The lowest BCUT2D eigenvalue weighted by molar-refractivity contribution is -0.131. The smallest absolute Gasteiger partial charge is 0.167 e. The standard InChI is InChI=1S/C21H28O6.C8H10O.H2O.2H2/c1-12-3-4-18(25)21-16(12)9-14(10-20(21)27)8-15(5-6-22)17(11-23)19(26)7-13(2)24;1-7-4-3-5-8(6-7)9-2;;;/h3-4,14-15,17,22-23,25H,5-11H2,1-2H3;3-6H,1-2H3;1H2;2*1H. The van der Waals surface area contributed by atoms with Gasteiger partial charge in [-0.3, -0.25) is 14.4 Å². The molecule has 5 N–H and O–H groups in total. The van der Waals surface area contributed by atoms with Crippen molar-refractivity contribution in [1.82, 2.24) is 0 Å². The Hall–Kier alpha value is -3.07. The molecule has 0 fully saturated rings. The van der Waals surface area contributed by atoms with Gasteiger partial charge in [0.15, 0.2) is 5.78 Å². The average molecular weight is 521 g/mol. The molecule has 3 unspecified atom stereocenters. The number of fused-ring (bicyclic) bond motifs is 1. The first kappa shape index (κ1) is 32.0. The first-order chi connectivity index (χ1) is 17.1. The maximum absolute atomic E-state index is 12.6. The summed E-state index contributed by atoms with van der Waals surface area (Å²) < 4.78 is 5.00. The molecule has 8 heteroatoms. The monoisotopic (exact) mass is 520 g/mol. The second-order valence-electron chi connectivity index (χ2n) is 9.62. The summed E-state index contributed by atoms with van der Waals surface area (Å²) in [6.07, 6.45) is 1.45. The Kier molecular flexibility index (Phi) is 13.2. The van der Waals surface area contributed by atoms with E-state index in [-0.39, 0.29) is 69.3 Å².